The van der Waals surface area contributed by atoms with Crippen molar-refractivity contribution in [2.24, 2.45) is 0 Å². The van der Waals surface area contributed by atoms with Gasteiger partial charge in [0, 0.05) is 30.1 Å². The van der Waals surface area contributed by atoms with Crippen molar-refractivity contribution in [1.82, 2.24) is 14.1 Å². The first-order chi connectivity index (χ1) is 16.8. The summed E-state index contributed by atoms with van der Waals surface area (Å²) in [6.07, 6.45) is 0. The summed E-state index contributed by atoms with van der Waals surface area (Å²) in [5.74, 6) is 0.767. The molecular weight excluding hydrogens is 462 g/mol. The van der Waals surface area contributed by atoms with E-state index in [2.05, 4.69) is 11.5 Å². The van der Waals surface area contributed by atoms with Crippen molar-refractivity contribution in [3.8, 4) is 11.4 Å². The van der Waals surface area contributed by atoms with Crippen molar-refractivity contribution < 1.29 is 14.3 Å². The van der Waals surface area contributed by atoms with Crippen LogP contribution < -0.4 is 10.3 Å². The number of aryl methyl sites for hydroxylation is 1. The molecule has 0 unspecified atom stereocenters. The van der Waals surface area contributed by atoms with Crippen molar-refractivity contribution in [2.45, 2.75) is 32.0 Å². The van der Waals surface area contributed by atoms with Crippen LogP contribution in [0.15, 0.2) is 64.5 Å². The lowest BCUT2D eigenvalue weighted by molar-refractivity contribution is 0.102. The van der Waals surface area contributed by atoms with Gasteiger partial charge in [-0.05, 0) is 51.1 Å². The lowest BCUT2D eigenvalue weighted by Gasteiger charge is -2.17. The number of para-hydroxylation sites is 1. The highest BCUT2D eigenvalue weighted by atomic mass is 32.2. The van der Waals surface area contributed by atoms with E-state index in [4.69, 9.17) is 14.5 Å². The Morgan fingerprint density at radius 2 is 1.86 bits per heavy atom. The normalized spacial score (nSPS) is 12.1. The van der Waals surface area contributed by atoms with E-state index in [1.165, 1.54) is 11.8 Å². The van der Waals surface area contributed by atoms with Crippen LogP contribution in [0.1, 0.15) is 34.7 Å². The number of Topliss-reactive ketones (excluding diaryl/α,β-unsaturated/α-hetero) is 1. The van der Waals surface area contributed by atoms with Crippen molar-refractivity contribution in [1.29, 1.82) is 0 Å². The minimum atomic E-state index is -0.189. The monoisotopic (exact) mass is 491 g/mol. The van der Waals surface area contributed by atoms with E-state index in [0.29, 0.717) is 39.7 Å². The zero-order valence-electron chi connectivity index (χ0n) is 20.6. The highest BCUT2D eigenvalue weighted by Gasteiger charge is 2.21. The van der Waals surface area contributed by atoms with Crippen LogP contribution >= 0.6 is 11.8 Å². The molecule has 35 heavy (non-hydrogen) atoms. The zero-order valence-corrected chi connectivity index (χ0v) is 21.4. The second-order valence-electron chi connectivity index (χ2n) is 8.42. The molecule has 2 aromatic heterocycles. The van der Waals surface area contributed by atoms with Crippen LogP contribution in [0.2, 0.25) is 0 Å². The maximum Gasteiger partial charge on any atom is 0.266 e. The molecule has 0 saturated carbocycles. The van der Waals surface area contributed by atoms with Gasteiger partial charge < -0.3 is 14.0 Å². The van der Waals surface area contributed by atoms with Crippen LogP contribution in [-0.4, -0.2) is 46.5 Å². The number of nitrogens with zero attached hydrogens (tertiary/aromatic N) is 3. The summed E-state index contributed by atoms with van der Waals surface area (Å²) in [6.45, 7) is 6.58. The molecule has 0 fully saturated rings. The van der Waals surface area contributed by atoms with E-state index in [1.54, 1.807) is 30.9 Å². The van der Waals surface area contributed by atoms with E-state index >= 15 is 0 Å². The van der Waals surface area contributed by atoms with Gasteiger partial charge in [-0.1, -0.05) is 30.0 Å². The number of carbonyl (C=O) groups is 1. The van der Waals surface area contributed by atoms with Gasteiger partial charge in [0.05, 0.1) is 42.1 Å². The van der Waals surface area contributed by atoms with Gasteiger partial charge in [-0.15, -0.1) is 0 Å². The molecule has 4 rings (SSSR count). The molecule has 0 aliphatic rings. The Labute approximate surface area is 208 Å². The molecule has 0 aliphatic heterocycles. The van der Waals surface area contributed by atoms with Gasteiger partial charge in [0.2, 0.25) is 0 Å². The Bertz CT molecular complexity index is 1440. The fourth-order valence-electron chi connectivity index (χ4n) is 4.45. The first-order valence-corrected chi connectivity index (χ1v) is 12.3. The molecule has 0 saturated heterocycles. The number of rotatable bonds is 9. The molecule has 0 aliphatic carbocycles. The van der Waals surface area contributed by atoms with Crippen molar-refractivity contribution in [3.05, 3.63) is 81.9 Å². The summed E-state index contributed by atoms with van der Waals surface area (Å²) >= 11 is 1.26. The Kier molecular flexibility index (Phi) is 7.42. The summed E-state index contributed by atoms with van der Waals surface area (Å²) in [6, 6.07) is 16.5. The maximum absolute atomic E-state index is 13.5. The number of aromatic nitrogens is 3. The predicted molar refractivity (Wildman–Crippen MR) is 139 cm³/mol. The molecule has 0 N–H and O–H groups in total. The number of methoxy groups -OCH3 is 2. The van der Waals surface area contributed by atoms with Crippen LogP contribution in [-0.2, 0) is 4.74 Å². The van der Waals surface area contributed by atoms with E-state index in [9.17, 15) is 9.59 Å². The van der Waals surface area contributed by atoms with Gasteiger partial charge in [0.1, 0.15) is 5.75 Å². The summed E-state index contributed by atoms with van der Waals surface area (Å²) in [4.78, 5) is 31.5. The number of thioether (sulfide) groups is 1. The average Bonchev–Trinajstić information content (AvgIpc) is 3.16. The third-order valence-electron chi connectivity index (χ3n) is 6.02. The number of fused-ring (bicyclic) bond motifs is 1. The first-order valence-electron chi connectivity index (χ1n) is 11.3. The maximum atomic E-state index is 13.5. The van der Waals surface area contributed by atoms with Gasteiger partial charge >= 0.3 is 0 Å². The van der Waals surface area contributed by atoms with Crippen molar-refractivity contribution in [2.75, 3.05) is 26.6 Å². The number of hydrogen-bond acceptors (Lipinski definition) is 6. The van der Waals surface area contributed by atoms with Crippen LogP contribution in [0, 0.1) is 13.8 Å². The molecule has 4 aromatic rings. The molecule has 182 valence electrons. The van der Waals surface area contributed by atoms with E-state index in [0.717, 1.165) is 11.4 Å². The minimum Gasteiger partial charge on any atom is -0.497 e. The van der Waals surface area contributed by atoms with Gasteiger partial charge in [-0.25, -0.2) is 4.98 Å². The number of benzene rings is 2. The van der Waals surface area contributed by atoms with E-state index in [1.807, 2.05) is 56.3 Å². The molecular formula is C27H29N3O4S. The highest BCUT2D eigenvalue weighted by Crippen LogP contribution is 2.26. The van der Waals surface area contributed by atoms with Crippen molar-refractivity contribution >= 4 is 28.4 Å². The SMILES string of the molecule is COC[C@@H](C)n1c(C)cc(C(=O)CSc2nc3ccccc3c(=O)n2-c2cccc(OC)c2)c1C. The largest absolute Gasteiger partial charge is 0.497 e. The standard InChI is InChI=1S/C27H29N3O4S/c1-17-13-23(19(3)29(17)18(2)15-33-4)25(31)16-35-27-28-24-12-7-6-11-22(24)26(32)30(27)20-9-8-10-21(14-20)34-5/h6-14,18H,15-16H2,1-5H3/t18-/m1/s1. The lowest BCUT2D eigenvalue weighted by atomic mass is 10.2. The number of ether oxygens (including phenoxy) is 2. The van der Waals surface area contributed by atoms with Gasteiger partial charge in [0.15, 0.2) is 10.9 Å². The molecule has 2 aromatic carbocycles. The van der Waals surface area contributed by atoms with Crippen LogP contribution in [0.4, 0.5) is 0 Å². The van der Waals surface area contributed by atoms with Gasteiger partial charge in [0.25, 0.3) is 5.56 Å². The fourth-order valence-corrected chi connectivity index (χ4v) is 5.34. The lowest BCUT2D eigenvalue weighted by Crippen LogP contribution is -2.22. The van der Waals surface area contributed by atoms with Crippen LogP contribution in [0.25, 0.3) is 16.6 Å². The number of carbonyl (C=O) groups excluding carboxylic acids is 1. The molecule has 0 amide bonds. The number of ketones is 1. The van der Waals surface area contributed by atoms with Crippen molar-refractivity contribution in [3.63, 3.8) is 0 Å². The van der Waals surface area contributed by atoms with Crippen LogP contribution in [0.3, 0.4) is 0 Å². The molecule has 0 spiro atoms. The summed E-state index contributed by atoms with van der Waals surface area (Å²) < 4.78 is 14.3. The average molecular weight is 492 g/mol. The van der Waals surface area contributed by atoms with Crippen LogP contribution in [0.5, 0.6) is 5.75 Å². The predicted octanol–water partition coefficient (Wildman–Crippen LogP) is 5.00. The smallest absolute Gasteiger partial charge is 0.266 e. The Morgan fingerprint density at radius 3 is 2.60 bits per heavy atom. The summed E-state index contributed by atoms with van der Waals surface area (Å²) in [5, 5.41) is 0.971. The Morgan fingerprint density at radius 1 is 1.09 bits per heavy atom. The number of hydrogen-bond donors (Lipinski definition) is 0. The summed E-state index contributed by atoms with van der Waals surface area (Å²) in [7, 11) is 3.25. The second-order valence-corrected chi connectivity index (χ2v) is 9.37. The third kappa shape index (κ3) is 4.90. The molecule has 1 atom stereocenters. The zero-order chi connectivity index (χ0) is 25.1. The fraction of sp³-hybridized carbons (Fsp3) is 0.296. The molecule has 0 radical (unpaired) electrons. The second kappa shape index (κ2) is 10.5. The van der Waals surface area contributed by atoms with Gasteiger partial charge in [-0.3, -0.25) is 14.2 Å². The third-order valence-corrected chi connectivity index (χ3v) is 6.96. The molecule has 2 heterocycles. The Balaban J connectivity index is 1.71. The van der Waals surface area contributed by atoms with E-state index in [-0.39, 0.29) is 23.1 Å². The highest BCUT2D eigenvalue weighted by molar-refractivity contribution is 7.99. The molecule has 0 bridgehead atoms. The van der Waals surface area contributed by atoms with Gasteiger partial charge in [-0.2, -0.15) is 0 Å². The quantitative estimate of drug-likeness (QED) is 0.186. The molecule has 8 heteroatoms. The summed E-state index contributed by atoms with van der Waals surface area (Å²) in [5.41, 5.74) is 3.64. The minimum absolute atomic E-state index is 0.0152. The van der Waals surface area contributed by atoms with E-state index < -0.39 is 0 Å². The topological polar surface area (TPSA) is 75.4 Å². The first kappa shape index (κ1) is 24.8. The molecule has 7 nitrogen and oxygen atoms in total. The Hall–Kier alpha value is -3.36.